The summed E-state index contributed by atoms with van der Waals surface area (Å²) in [6.45, 7) is 4.55. The number of amides is 4. The molecule has 0 aromatic carbocycles. The van der Waals surface area contributed by atoms with E-state index in [4.69, 9.17) is 0 Å². The van der Waals surface area contributed by atoms with Crippen LogP contribution in [0.3, 0.4) is 0 Å². The Morgan fingerprint density at radius 1 is 0.538 bits per heavy atom. The molecule has 2 saturated heterocycles. The number of rotatable bonds is 4. The second kappa shape index (κ2) is 12.2. The minimum Gasteiger partial charge on any atom is -0.269 e. The highest BCUT2D eigenvalue weighted by Crippen LogP contribution is 2.71. The quantitative estimate of drug-likeness (QED) is 0.288. The van der Waals surface area contributed by atoms with Gasteiger partial charge in [0.25, 0.3) is 22.3 Å². The minimum absolute atomic E-state index is 0.0291. The van der Waals surface area contributed by atoms with Crippen LogP contribution >= 0.6 is 46.2 Å². The van der Waals surface area contributed by atoms with E-state index in [0.29, 0.717) is 22.9 Å². The minimum atomic E-state index is -0.157. The number of fused-ring (bicyclic) bond motifs is 11. The van der Waals surface area contributed by atoms with Gasteiger partial charge in [0.2, 0.25) is 0 Å². The first-order valence-electron chi connectivity index (χ1n) is 19.6. The van der Waals surface area contributed by atoms with E-state index in [1.165, 1.54) is 111 Å². The van der Waals surface area contributed by atoms with Crippen molar-refractivity contribution in [2.24, 2.45) is 0 Å². The van der Waals surface area contributed by atoms with Gasteiger partial charge in [-0.3, -0.25) is 29.0 Å². The number of likely N-dealkylation sites (N-methyl/N-ethyl adjacent to an activating group) is 2. The lowest BCUT2D eigenvalue weighted by molar-refractivity contribution is -0.123. The molecule has 270 valence electrons. The van der Waals surface area contributed by atoms with Crippen LogP contribution in [0.15, 0.2) is 33.1 Å². The number of imide groups is 2. The molecule has 2 aromatic heterocycles. The summed E-state index contributed by atoms with van der Waals surface area (Å²) in [4.78, 5) is 61.9. The van der Waals surface area contributed by atoms with Crippen molar-refractivity contribution in [3.05, 3.63) is 65.1 Å². The first kappa shape index (κ1) is 33.9. The van der Waals surface area contributed by atoms with Crippen LogP contribution in [-0.2, 0) is 25.8 Å². The standard InChI is InChI=1S/C42H44N2O4S4/c1-3-43-36(45)28(51-38(43)47)22-24-20-26-30(40(24)14-8-5-9-15-40)32-34(49-26)35-33(42(32)18-12-7-13-19-42)31-27(50-35)21-25(41(31)16-10-6-11-17-41)23-29-37(46)44(4-2)39(48)52-29/h20-23H,3-19H2,1-2H3/b28-22-,29-23-. The number of hydrogen-bond donors (Lipinski definition) is 0. The third-order valence-corrected chi connectivity index (χ3v) is 18.0. The summed E-state index contributed by atoms with van der Waals surface area (Å²) in [5, 5.41) is -0.314. The fourth-order valence-electron chi connectivity index (χ4n) is 11.5. The van der Waals surface area contributed by atoms with Crippen molar-refractivity contribution in [1.29, 1.82) is 0 Å². The Bertz CT molecular complexity index is 1970. The second-order valence-corrected chi connectivity index (χ2v) is 20.2. The Balaban J connectivity index is 1.14. The zero-order chi connectivity index (χ0) is 35.6. The predicted molar refractivity (Wildman–Crippen MR) is 214 cm³/mol. The van der Waals surface area contributed by atoms with E-state index in [-0.39, 0.29) is 38.5 Å². The molecule has 6 aliphatic carbocycles. The molecule has 3 saturated carbocycles. The van der Waals surface area contributed by atoms with Crippen molar-refractivity contribution >= 4 is 80.6 Å². The van der Waals surface area contributed by atoms with Gasteiger partial charge in [0.05, 0.1) is 9.81 Å². The lowest BCUT2D eigenvalue weighted by Crippen LogP contribution is -2.37. The van der Waals surface area contributed by atoms with Crippen molar-refractivity contribution in [3.8, 4) is 9.75 Å². The number of nitrogens with zero attached hydrogens (tertiary/aromatic N) is 2. The molecule has 0 unspecified atom stereocenters. The molecule has 0 atom stereocenters. The zero-order valence-corrected chi connectivity index (χ0v) is 33.3. The highest BCUT2D eigenvalue weighted by atomic mass is 32.2. The second-order valence-electron chi connectivity index (χ2n) is 16.1. The van der Waals surface area contributed by atoms with Gasteiger partial charge in [0, 0.05) is 48.8 Å². The number of carbonyl (C=O) groups excluding carboxylic acids is 4. The van der Waals surface area contributed by atoms with Gasteiger partial charge in [-0.05, 0) is 134 Å². The largest absolute Gasteiger partial charge is 0.293 e. The molecule has 4 amide bonds. The van der Waals surface area contributed by atoms with Gasteiger partial charge in [0.1, 0.15) is 0 Å². The first-order chi connectivity index (χ1) is 25.3. The Morgan fingerprint density at radius 3 is 1.25 bits per heavy atom. The molecule has 52 heavy (non-hydrogen) atoms. The number of carbonyl (C=O) groups is 4. The zero-order valence-electron chi connectivity index (χ0n) is 30.0. The highest BCUT2D eigenvalue weighted by molar-refractivity contribution is 8.18. The van der Waals surface area contributed by atoms with Crippen LogP contribution in [0.4, 0.5) is 9.59 Å². The van der Waals surface area contributed by atoms with E-state index in [1.54, 1.807) is 22.3 Å². The Labute approximate surface area is 322 Å². The van der Waals surface area contributed by atoms with Gasteiger partial charge in [-0.1, -0.05) is 57.8 Å². The lowest BCUT2D eigenvalue weighted by atomic mass is 9.58. The first-order valence-corrected chi connectivity index (χ1v) is 22.8. The topological polar surface area (TPSA) is 74.8 Å². The Morgan fingerprint density at radius 2 is 0.904 bits per heavy atom. The van der Waals surface area contributed by atoms with E-state index in [1.807, 2.05) is 36.5 Å². The van der Waals surface area contributed by atoms with Crippen LogP contribution in [0.2, 0.25) is 0 Å². The average molecular weight is 769 g/mol. The van der Waals surface area contributed by atoms with Gasteiger partial charge in [-0.2, -0.15) is 0 Å². The van der Waals surface area contributed by atoms with E-state index < -0.39 is 0 Å². The van der Waals surface area contributed by atoms with Gasteiger partial charge in [0.15, 0.2) is 0 Å². The summed E-state index contributed by atoms with van der Waals surface area (Å²) >= 11 is 6.20. The van der Waals surface area contributed by atoms with Crippen molar-refractivity contribution < 1.29 is 19.2 Å². The Hall–Kier alpha value is -2.66. The smallest absolute Gasteiger partial charge is 0.269 e. The molecule has 10 heteroatoms. The number of allylic oxidation sites excluding steroid dienone is 4. The summed E-state index contributed by atoms with van der Waals surface area (Å²) < 4.78 is 0. The molecular weight excluding hydrogens is 725 g/mol. The summed E-state index contributed by atoms with van der Waals surface area (Å²) in [6, 6.07) is 0. The maximum Gasteiger partial charge on any atom is 0.293 e. The molecule has 8 aliphatic rings. The van der Waals surface area contributed by atoms with Gasteiger partial charge < -0.3 is 0 Å². The van der Waals surface area contributed by atoms with Crippen LogP contribution in [0.1, 0.15) is 142 Å². The van der Waals surface area contributed by atoms with Crippen LogP contribution < -0.4 is 0 Å². The fraction of sp³-hybridized carbons (Fsp3) is 0.524. The Kier molecular flexibility index (Phi) is 7.93. The summed E-state index contributed by atoms with van der Waals surface area (Å²) in [7, 11) is 0. The molecule has 0 radical (unpaired) electrons. The SMILES string of the molecule is CCN1C(=O)S/C(=C\C2=Cc3sc4c(c3C23CCCCC3)C2(CCCCC2)c2c-4sc3c2C2(CCCCC2)C(/C=C2\SC(=O)N(CC)C2=O)=C3)C1=O. The van der Waals surface area contributed by atoms with Crippen LogP contribution in [0.25, 0.3) is 21.9 Å². The molecule has 4 heterocycles. The average Bonchev–Trinajstić information content (AvgIpc) is 3.98. The molecule has 2 aliphatic heterocycles. The van der Waals surface area contributed by atoms with Crippen molar-refractivity contribution in [3.63, 3.8) is 0 Å². The highest BCUT2D eigenvalue weighted by Gasteiger charge is 2.58. The maximum absolute atomic E-state index is 13.4. The normalized spacial score (nSPS) is 26.7. The molecule has 0 bridgehead atoms. The van der Waals surface area contributed by atoms with Crippen LogP contribution in [0, 0.1) is 0 Å². The van der Waals surface area contributed by atoms with Gasteiger partial charge >= 0.3 is 0 Å². The predicted octanol–water partition coefficient (Wildman–Crippen LogP) is 11.4. The van der Waals surface area contributed by atoms with Gasteiger partial charge in [-0.25, -0.2) is 0 Å². The summed E-state index contributed by atoms with van der Waals surface area (Å²) in [5.41, 5.74) is 8.57. The van der Waals surface area contributed by atoms with E-state index in [0.717, 1.165) is 49.2 Å². The number of thiophene rings is 2. The van der Waals surface area contributed by atoms with E-state index in [2.05, 4.69) is 24.3 Å². The van der Waals surface area contributed by atoms with Crippen LogP contribution in [-0.4, -0.2) is 45.2 Å². The van der Waals surface area contributed by atoms with E-state index >= 15 is 0 Å². The molecular formula is C42H44N2O4S4. The third kappa shape index (κ3) is 4.44. The molecule has 0 N–H and O–H groups in total. The van der Waals surface area contributed by atoms with E-state index in [9.17, 15) is 19.2 Å². The lowest BCUT2D eigenvalue weighted by Gasteiger charge is -2.44. The number of thioether (sulfide) groups is 2. The number of hydrogen-bond acceptors (Lipinski definition) is 8. The molecule has 3 spiro atoms. The maximum atomic E-state index is 13.4. The fourth-order valence-corrected chi connectivity index (χ4v) is 16.3. The third-order valence-electron chi connectivity index (χ3n) is 13.7. The molecule has 6 nitrogen and oxygen atoms in total. The summed E-state index contributed by atoms with van der Waals surface area (Å²) in [6.07, 6.45) is 26.6. The van der Waals surface area contributed by atoms with Gasteiger partial charge in [-0.15, -0.1) is 22.7 Å². The molecule has 10 rings (SSSR count). The molecule has 5 fully saturated rings. The summed E-state index contributed by atoms with van der Waals surface area (Å²) in [5.74, 6) is -0.293. The monoisotopic (exact) mass is 768 g/mol. The van der Waals surface area contributed by atoms with Crippen molar-refractivity contribution in [2.45, 2.75) is 126 Å². The van der Waals surface area contributed by atoms with Crippen LogP contribution in [0.5, 0.6) is 0 Å². The van der Waals surface area contributed by atoms with Crippen molar-refractivity contribution in [1.82, 2.24) is 9.80 Å². The molecule has 2 aromatic rings. The van der Waals surface area contributed by atoms with Crippen molar-refractivity contribution in [2.75, 3.05) is 13.1 Å².